The lowest BCUT2D eigenvalue weighted by atomic mass is 9.88. The van der Waals surface area contributed by atoms with Crippen LogP contribution in [0.4, 0.5) is 5.69 Å². The molecule has 123 valence electrons. The van der Waals surface area contributed by atoms with Crippen LogP contribution >= 0.6 is 34.8 Å². The van der Waals surface area contributed by atoms with Gasteiger partial charge in [0.25, 0.3) is 0 Å². The maximum Gasteiger partial charge on any atom is 0.243 e. The zero-order valence-corrected chi connectivity index (χ0v) is 14.7. The lowest BCUT2D eigenvalue weighted by molar-refractivity contribution is -0.119. The van der Waals surface area contributed by atoms with E-state index in [-0.39, 0.29) is 0 Å². The van der Waals surface area contributed by atoms with Crippen molar-refractivity contribution in [1.29, 1.82) is 0 Å². The van der Waals surface area contributed by atoms with Crippen molar-refractivity contribution in [2.45, 2.75) is 12.0 Å². The standard InChI is InChI=1S/C17H13Cl3N3O/c1-9-15(11-4-2-3-5-12(11)19)16(17(21)24)23(22-9)14-7-6-10(18)8-13(14)20/h2-8,15-16H,1H2,(H2,21,24). The summed E-state index contributed by atoms with van der Waals surface area (Å²) in [5, 5.41) is 7.26. The van der Waals surface area contributed by atoms with Crippen molar-refractivity contribution in [2.75, 3.05) is 5.01 Å². The minimum absolute atomic E-state index is 0.366. The Balaban J connectivity index is 2.10. The maximum atomic E-state index is 12.2. The molecule has 1 heterocycles. The highest BCUT2D eigenvalue weighted by Gasteiger charge is 2.42. The van der Waals surface area contributed by atoms with E-state index in [0.29, 0.717) is 26.5 Å². The van der Waals surface area contributed by atoms with Crippen LogP contribution in [0.3, 0.4) is 0 Å². The van der Waals surface area contributed by atoms with Crippen molar-refractivity contribution in [3.05, 3.63) is 70.0 Å². The second kappa shape index (κ2) is 6.63. The molecule has 0 saturated heterocycles. The minimum Gasteiger partial charge on any atom is -0.368 e. The van der Waals surface area contributed by atoms with Gasteiger partial charge < -0.3 is 5.73 Å². The highest BCUT2D eigenvalue weighted by Crippen LogP contribution is 2.40. The summed E-state index contributed by atoms with van der Waals surface area (Å²) in [6.45, 7) is 3.96. The summed E-state index contributed by atoms with van der Waals surface area (Å²) in [6.07, 6.45) is 0. The van der Waals surface area contributed by atoms with Gasteiger partial charge in [-0.15, -0.1) is 0 Å². The number of hydrogen-bond acceptors (Lipinski definition) is 3. The number of nitrogens with two attached hydrogens (primary N) is 1. The number of carbonyl (C=O) groups excluding carboxylic acids is 1. The Labute approximate surface area is 154 Å². The van der Waals surface area contributed by atoms with Gasteiger partial charge in [-0.05, 0) is 36.8 Å². The molecule has 1 radical (unpaired) electrons. The SMILES string of the molecule is [CH2]C1=NN(c2ccc(Cl)cc2Cl)C(C(N)=O)C1c1ccccc1Cl. The molecule has 0 fully saturated rings. The van der Waals surface area contributed by atoms with Crippen molar-refractivity contribution >= 4 is 52.1 Å². The van der Waals surface area contributed by atoms with Crippen LogP contribution in [0.25, 0.3) is 0 Å². The first-order chi connectivity index (χ1) is 11.4. The van der Waals surface area contributed by atoms with Gasteiger partial charge in [0, 0.05) is 15.8 Å². The molecule has 2 N–H and O–H groups in total. The van der Waals surface area contributed by atoms with Crippen molar-refractivity contribution < 1.29 is 4.79 Å². The Hall–Kier alpha value is -1.75. The molecule has 1 amide bonds. The van der Waals surface area contributed by atoms with Crippen LogP contribution < -0.4 is 10.7 Å². The first kappa shape index (κ1) is 17.1. The van der Waals surface area contributed by atoms with E-state index in [0.717, 1.165) is 5.56 Å². The van der Waals surface area contributed by atoms with Crippen LogP contribution in [-0.2, 0) is 4.79 Å². The third-order valence-electron chi connectivity index (χ3n) is 3.86. The van der Waals surface area contributed by atoms with E-state index in [1.54, 1.807) is 24.3 Å². The lowest BCUT2D eigenvalue weighted by Gasteiger charge is -2.26. The normalized spacial score (nSPS) is 20.2. The Morgan fingerprint density at radius 1 is 1.12 bits per heavy atom. The van der Waals surface area contributed by atoms with E-state index < -0.39 is 17.9 Å². The first-order valence-electron chi connectivity index (χ1n) is 7.08. The zero-order valence-electron chi connectivity index (χ0n) is 12.4. The lowest BCUT2D eigenvalue weighted by Crippen LogP contribution is -2.43. The number of amides is 1. The summed E-state index contributed by atoms with van der Waals surface area (Å²) in [5.74, 6) is -1.00. The van der Waals surface area contributed by atoms with Gasteiger partial charge in [-0.2, -0.15) is 5.10 Å². The third kappa shape index (κ3) is 2.97. The average Bonchev–Trinajstić information content (AvgIpc) is 2.85. The van der Waals surface area contributed by atoms with Gasteiger partial charge in [-0.25, -0.2) is 0 Å². The number of anilines is 1. The molecule has 3 rings (SSSR count). The molecule has 2 unspecified atom stereocenters. The molecule has 2 aromatic carbocycles. The molecule has 0 aliphatic carbocycles. The molecule has 1 aliphatic rings. The monoisotopic (exact) mass is 380 g/mol. The van der Waals surface area contributed by atoms with E-state index in [4.69, 9.17) is 40.5 Å². The molecule has 0 spiro atoms. The van der Waals surface area contributed by atoms with E-state index in [2.05, 4.69) is 12.0 Å². The van der Waals surface area contributed by atoms with Gasteiger partial charge in [-0.1, -0.05) is 53.0 Å². The Morgan fingerprint density at radius 3 is 2.46 bits per heavy atom. The summed E-state index contributed by atoms with van der Waals surface area (Å²) >= 11 is 18.5. The second-order valence-electron chi connectivity index (χ2n) is 5.38. The minimum atomic E-state index is -0.781. The Kier molecular flexibility index (Phi) is 4.72. The number of hydrogen-bond donors (Lipinski definition) is 1. The van der Waals surface area contributed by atoms with E-state index >= 15 is 0 Å². The Morgan fingerprint density at radius 2 is 1.83 bits per heavy atom. The van der Waals surface area contributed by atoms with Crippen LogP contribution in [0.2, 0.25) is 15.1 Å². The van der Waals surface area contributed by atoms with Crippen LogP contribution in [0.15, 0.2) is 47.6 Å². The third-order valence-corrected chi connectivity index (χ3v) is 4.74. The average molecular weight is 382 g/mol. The predicted octanol–water partition coefficient (Wildman–Crippen LogP) is 4.29. The quantitative estimate of drug-likeness (QED) is 0.862. The topological polar surface area (TPSA) is 58.7 Å². The number of carbonyl (C=O) groups is 1. The molecule has 2 aromatic rings. The Bertz CT molecular complexity index is 838. The summed E-state index contributed by atoms with van der Waals surface area (Å²) in [4.78, 5) is 12.2. The van der Waals surface area contributed by atoms with Crippen molar-refractivity contribution in [1.82, 2.24) is 0 Å². The van der Waals surface area contributed by atoms with Gasteiger partial charge in [0.1, 0.15) is 6.04 Å². The zero-order chi connectivity index (χ0) is 17.4. The van der Waals surface area contributed by atoms with Gasteiger partial charge in [0.15, 0.2) is 0 Å². The van der Waals surface area contributed by atoms with E-state index in [9.17, 15) is 4.79 Å². The fourth-order valence-electron chi connectivity index (χ4n) is 2.82. The van der Waals surface area contributed by atoms with Crippen molar-refractivity contribution in [3.63, 3.8) is 0 Å². The number of hydrazone groups is 1. The van der Waals surface area contributed by atoms with E-state index in [1.807, 2.05) is 18.2 Å². The molecule has 7 heteroatoms. The van der Waals surface area contributed by atoms with Crippen molar-refractivity contribution in [3.8, 4) is 0 Å². The second-order valence-corrected chi connectivity index (χ2v) is 6.63. The molecular formula is C17H13Cl3N3O. The smallest absolute Gasteiger partial charge is 0.243 e. The summed E-state index contributed by atoms with van der Waals surface area (Å²) < 4.78 is 0. The van der Waals surface area contributed by atoms with Gasteiger partial charge >= 0.3 is 0 Å². The van der Waals surface area contributed by atoms with Gasteiger partial charge in [-0.3, -0.25) is 9.80 Å². The molecule has 0 bridgehead atoms. The maximum absolute atomic E-state index is 12.2. The number of nitrogens with zero attached hydrogens (tertiary/aromatic N) is 2. The van der Waals surface area contributed by atoms with Crippen LogP contribution in [0.1, 0.15) is 11.5 Å². The molecular weight excluding hydrogens is 369 g/mol. The van der Waals surface area contributed by atoms with Gasteiger partial charge in [0.05, 0.1) is 16.6 Å². The molecule has 0 saturated carbocycles. The number of primary amides is 1. The number of benzene rings is 2. The first-order valence-corrected chi connectivity index (χ1v) is 8.22. The highest BCUT2D eigenvalue weighted by atomic mass is 35.5. The van der Waals surface area contributed by atoms with Crippen LogP contribution in [0, 0.1) is 6.92 Å². The fraction of sp³-hybridized carbons (Fsp3) is 0.118. The van der Waals surface area contributed by atoms with Crippen molar-refractivity contribution in [2.24, 2.45) is 10.8 Å². The summed E-state index contributed by atoms with van der Waals surface area (Å²) in [6, 6.07) is 11.4. The molecule has 4 nitrogen and oxygen atoms in total. The molecule has 0 aromatic heterocycles. The summed E-state index contributed by atoms with van der Waals surface area (Å²) in [5.41, 5.74) is 7.40. The highest BCUT2D eigenvalue weighted by molar-refractivity contribution is 6.36. The van der Waals surface area contributed by atoms with Crippen LogP contribution in [0.5, 0.6) is 0 Å². The molecule has 1 aliphatic heterocycles. The van der Waals surface area contributed by atoms with E-state index in [1.165, 1.54) is 5.01 Å². The summed E-state index contributed by atoms with van der Waals surface area (Å²) in [7, 11) is 0. The fourth-order valence-corrected chi connectivity index (χ4v) is 3.57. The largest absolute Gasteiger partial charge is 0.368 e. The predicted molar refractivity (Wildman–Crippen MR) is 98.9 cm³/mol. The van der Waals surface area contributed by atoms with Crippen LogP contribution in [-0.4, -0.2) is 17.7 Å². The molecule has 2 atom stereocenters. The molecule has 24 heavy (non-hydrogen) atoms. The number of halogens is 3. The number of rotatable bonds is 3. The van der Waals surface area contributed by atoms with Gasteiger partial charge in [0.2, 0.25) is 5.91 Å².